The summed E-state index contributed by atoms with van der Waals surface area (Å²) >= 11 is 0. The summed E-state index contributed by atoms with van der Waals surface area (Å²) in [6, 6.07) is 8.64. The topological polar surface area (TPSA) is 24.9 Å². The van der Waals surface area contributed by atoms with Crippen molar-refractivity contribution in [3.8, 4) is 0 Å². The minimum Gasteiger partial charge on any atom is -0.340 e. The van der Waals surface area contributed by atoms with Crippen LogP contribution in [-0.2, 0) is 6.18 Å². The van der Waals surface area contributed by atoms with Crippen LogP contribution >= 0.6 is 0 Å². The number of pyridine rings is 1. The van der Waals surface area contributed by atoms with Crippen LogP contribution in [0.25, 0.3) is 0 Å². The van der Waals surface area contributed by atoms with Crippen molar-refractivity contribution in [3.63, 3.8) is 0 Å². The molecule has 1 aromatic heterocycles. The first-order chi connectivity index (χ1) is 8.45. The third kappa shape index (κ3) is 2.97. The van der Waals surface area contributed by atoms with Gasteiger partial charge >= 0.3 is 6.18 Å². The Bertz CT molecular complexity index is 552. The Kier molecular flexibility index (Phi) is 3.18. The second-order valence-corrected chi connectivity index (χ2v) is 3.55. The highest BCUT2D eigenvalue weighted by Crippen LogP contribution is 2.31. The van der Waals surface area contributed by atoms with Crippen molar-refractivity contribution in [2.75, 3.05) is 5.32 Å². The van der Waals surface area contributed by atoms with E-state index in [4.69, 9.17) is 0 Å². The Labute approximate surface area is 100 Å². The van der Waals surface area contributed by atoms with Crippen molar-refractivity contribution in [1.82, 2.24) is 4.98 Å². The standard InChI is InChI=1S/C12H8F4N2/c13-10-5-2-6-11(18-10)17-9-4-1-3-8(7-9)12(14,15)16/h1-7H,(H,17,18). The first-order valence-electron chi connectivity index (χ1n) is 5.02. The van der Waals surface area contributed by atoms with Crippen molar-refractivity contribution < 1.29 is 17.6 Å². The summed E-state index contributed by atoms with van der Waals surface area (Å²) < 4.78 is 50.2. The normalized spacial score (nSPS) is 11.3. The quantitative estimate of drug-likeness (QED) is 0.649. The molecule has 0 amide bonds. The third-order valence-corrected chi connectivity index (χ3v) is 2.18. The zero-order valence-corrected chi connectivity index (χ0v) is 9.00. The summed E-state index contributed by atoms with van der Waals surface area (Å²) in [6.45, 7) is 0. The van der Waals surface area contributed by atoms with E-state index < -0.39 is 17.7 Å². The number of aromatic nitrogens is 1. The molecule has 0 saturated carbocycles. The molecule has 6 heteroatoms. The van der Waals surface area contributed by atoms with Crippen LogP contribution in [0.3, 0.4) is 0 Å². The van der Waals surface area contributed by atoms with Crippen molar-refractivity contribution >= 4 is 11.5 Å². The van der Waals surface area contributed by atoms with Crippen LogP contribution in [0.1, 0.15) is 5.56 Å². The summed E-state index contributed by atoms with van der Waals surface area (Å²) in [5.41, 5.74) is -0.577. The fourth-order valence-electron chi connectivity index (χ4n) is 1.40. The largest absolute Gasteiger partial charge is 0.416 e. The molecule has 0 bridgehead atoms. The number of anilines is 2. The minimum absolute atomic E-state index is 0.148. The van der Waals surface area contributed by atoms with Crippen molar-refractivity contribution in [3.05, 3.63) is 54.0 Å². The smallest absolute Gasteiger partial charge is 0.340 e. The third-order valence-electron chi connectivity index (χ3n) is 2.18. The van der Waals surface area contributed by atoms with E-state index in [1.54, 1.807) is 0 Å². The first kappa shape index (κ1) is 12.3. The molecule has 0 aliphatic heterocycles. The molecule has 0 aliphatic carbocycles. The summed E-state index contributed by atoms with van der Waals surface area (Å²) in [5.74, 6) is -0.554. The van der Waals surface area contributed by atoms with Gasteiger partial charge in [-0.25, -0.2) is 4.98 Å². The lowest BCUT2D eigenvalue weighted by Crippen LogP contribution is -2.05. The lowest BCUT2D eigenvalue weighted by molar-refractivity contribution is -0.137. The zero-order chi connectivity index (χ0) is 13.2. The predicted molar refractivity (Wildman–Crippen MR) is 58.9 cm³/mol. The summed E-state index contributed by atoms with van der Waals surface area (Å²) in [4.78, 5) is 3.50. The van der Waals surface area contributed by atoms with E-state index in [1.165, 1.54) is 24.3 Å². The maximum absolute atomic E-state index is 12.8. The lowest BCUT2D eigenvalue weighted by Gasteiger charge is -2.10. The summed E-state index contributed by atoms with van der Waals surface area (Å²) in [7, 11) is 0. The number of nitrogens with one attached hydrogen (secondary N) is 1. The van der Waals surface area contributed by atoms with Crippen LogP contribution in [0.15, 0.2) is 42.5 Å². The van der Waals surface area contributed by atoms with Crippen LogP contribution in [0.4, 0.5) is 29.1 Å². The molecular formula is C12H8F4N2. The van der Waals surface area contributed by atoms with Gasteiger partial charge in [0.1, 0.15) is 5.82 Å². The molecule has 0 spiro atoms. The highest BCUT2D eigenvalue weighted by Gasteiger charge is 2.30. The molecule has 2 aromatic rings. The fourth-order valence-corrected chi connectivity index (χ4v) is 1.40. The van der Waals surface area contributed by atoms with Gasteiger partial charge in [0.05, 0.1) is 5.56 Å². The molecule has 0 radical (unpaired) electrons. The second-order valence-electron chi connectivity index (χ2n) is 3.55. The average molecular weight is 256 g/mol. The summed E-state index contributed by atoms with van der Waals surface area (Å²) in [6.07, 6.45) is -4.41. The SMILES string of the molecule is Fc1cccc(Nc2cccc(C(F)(F)F)c2)n1. The number of hydrogen-bond acceptors (Lipinski definition) is 2. The van der Waals surface area contributed by atoms with Gasteiger partial charge in [0, 0.05) is 5.69 Å². The van der Waals surface area contributed by atoms with E-state index in [9.17, 15) is 17.6 Å². The van der Waals surface area contributed by atoms with Crippen LogP contribution in [0.5, 0.6) is 0 Å². The first-order valence-corrected chi connectivity index (χ1v) is 5.02. The monoisotopic (exact) mass is 256 g/mol. The van der Waals surface area contributed by atoms with Crippen LogP contribution < -0.4 is 5.32 Å². The molecule has 18 heavy (non-hydrogen) atoms. The molecule has 1 aromatic carbocycles. The molecule has 2 nitrogen and oxygen atoms in total. The van der Waals surface area contributed by atoms with Gasteiger partial charge in [-0.3, -0.25) is 0 Å². The van der Waals surface area contributed by atoms with Crippen molar-refractivity contribution in [2.45, 2.75) is 6.18 Å². The lowest BCUT2D eigenvalue weighted by atomic mass is 10.2. The molecule has 0 aliphatic rings. The van der Waals surface area contributed by atoms with E-state index >= 15 is 0 Å². The van der Waals surface area contributed by atoms with Gasteiger partial charge in [0.2, 0.25) is 5.95 Å². The van der Waals surface area contributed by atoms with Crippen LogP contribution in [0.2, 0.25) is 0 Å². The zero-order valence-electron chi connectivity index (χ0n) is 9.00. The Balaban J connectivity index is 2.25. The van der Waals surface area contributed by atoms with E-state index in [2.05, 4.69) is 10.3 Å². The predicted octanol–water partition coefficient (Wildman–Crippen LogP) is 3.98. The number of nitrogens with zero attached hydrogens (tertiary/aromatic N) is 1. The molecular weight excluding hydrogens is 248 g/mol. The van der Waals surface area contributed by atoms with Crippen LogP contribution in [0, 0.1) is 5.95 Å². The highest BCUT2D eigenvalue weighted by atomic mass is 19.4. The number of benzene rings is 1. The number of hydrogen-bond donors (Lipinski definition) is 1. The maximum Gasteiger partial charge on any atom is 0.416 e. The Morgan fingerprint density at radius 2 is 1.72 bits per heavy atom. The molecule has 0 unspecified atom stereocenters. The van der Waals surface area contributed by atoms with Crippen LogP contribution in [-0.4, -0.2) is 4.98 Å². The fraction of sp³-hybridized carbons (Fsp3) is 0.0833. The Hall–Kier alpha value is -2.11. The van der Waals surface area contributed by atoms with Gasteiger partial charge in [-0.05, 0) is 30.3 Å². The molecule has 0 saturated heterocycles. The number of halogens is 4. The molecule has 0 atom stereocenters. The van der Waals surface area contributed by atoms with Gasteiger partial charge in [-0.2, -0.15) is 17.6 Å². The molecule has 2 rings (SSSR count). The number of rotatable bonds is 2. The average Bonchev–Trinajstić information content (AvgIpc) is 2.28. The molecule has 1 N–H and O–H groups in total. The maximum atomic E-state index is 12.8. The summed E-state index contributed by atoms with van der Waals surface area (Å²) in [5, 5.41) is 2.61. The number of alkyl halides is 3. The van der Waals surface area contributed by atoms with Gasteiger partial charge < -0.3 is 5.32 Å². The van der Waals surface area contributed by atoms with Crippen molar-refractivity contribution in [1.29, 1.82) is 0 Å². The highest BCUT2D eigenvalue weighted by molar-refractivity contribution is 5.57. The van der Waals surface area contributed by atoms with E-state index in [-0.39, 0.29) is 11.5 Å². The van der Waals surface area contributed by atoms with E-state index in [0.29, 0.717) is 0 Å². The minimum atomic E-state index is -4.41. The molecule has 94 valence electrons. The van der Waals surface area contributed by atoms with Crippen molar-refractivity contribution in [2.24, 2.45) is 0 Å². The Morgan fingerprint density at radius 3 is 2.39 bits per heavy atom. The Morgan fingerprint density at radius 1 is 1.00 bits per heavy atom. The van der Waals surface area contributed by atoms with E-state index in [0.717, 1.165) is 18.2 Å². The molecule has 1 heterocycles. The van der Waals surface area contributed by atoms with Gasteiger partial charge in [0.25, 0.3) is 0 Å². The van der Waals surface area contributed by atoms with Gasteiger partial charge in [-0.1, -0.05) is 12.1 Å². The second kappa shape index (κ2) is 4.64. The van der Waals surface area contributed by atoms with Gasteiger partial charge in [-0.15, -0.1) is 0 Å². The van der Waals surface area contributed by atoms with Gasteiger partial charge in [0.15, 0.2) is 0 Å². The molecule has 0 fully saturated rings. The van der Waals surface area contributed by atoms with E-state index in [1.807, 2.05) is 0 Å².